The van der Waals surface area contributed by atoms with E-state index in [-0.39, 0.29) is 10.6 Å². The molecule has 1 amide bonds. The lowest BCUT2D eigenvalue weighted by molar-refractivity contribution is -0.125. The zero-order valence-electron chi connectivity index (χ0n) is 14.1. The summed E-state index contributed by atoms with van der Waals surface area (Å²) in [6.45, 7) is 0. The number of nitrogens with one attached hydrogen (secondary N) is 2. The molecule has 3 rings (SSSR count). The fourth-order valence-corrected chi connectivity index (χ4v) is 3.36. The number of aliphatic hydroxyl groups is 1. The number of carbonyl (C=O) groups is 2. The van der Waals surface area contributed by atoms with Crippen molar-refractivity contribution in [3.63, 3.8) is 0 Å². The van der Waals surface area contributed by atoms with Crippen LogP contribution in [0.2, 0.25) is 0 Å². The second-order valence-electron chi connectivity index (χ2n) is 6.23. The first-order valence-corrected chi connectivity index (χ1v) is 9.39. The van der Waals surface area contributed by atoms with E-state index in [0.717, 1.165) is 12.1 Å². The van der Waals surface area contributed by atoms with E-state index < -0.39 is 50.4 Å². The molecule has 1 saturated carbocycles. The number of aromatic carboxylic acids is 1. The molecule has 2 aromatic rings. The quantitative estimate of drug-likeness (QED) is 0.573. The summed E-state index contributed by atoms with van der Waals surface area (Å²) in [7, 11) is -4.31. The van der Waals surface area contributed by atoms with Crippen molar-refractivity contribution in [3.8, 4) is 0 Å². The fourth-order valence-electron chi connectivity index (χ4n) is 2.30. The first kappa shape index (κ1) is 19.7. The highest BCUT2D eigenvalue weighted by molar-refractivity contribution is 7.92. The van der Waals surface area contributed by atoms with Crippen molar-refractivity contribution < 1.29 is 37.0 Å². The number of rotatable bonds is 6. The standard InChI is InChI=1S/C17H14F2N2O6S/c18-12-8-14(13(19)7-11(12)15(22)23)21-28(26,27)10-3-1-9(2-4-10)20-16(24)17(25)5-6-17/h1-4,7-8,21,25H,5-6H2,(H,20,24)(H,22,23). The summed E-state index contributed by atoms with van der Waals surface area (Å²) in [6.07, 6.45) is 0.690. The Bertz CT molecular complexity index is 1070. The monoisotopic (exact) mass is 412 g/mol. The number of sulfonamides is 1. The Morgan fingerprint density at radius 3 is 2.18 bits per heavy atom. The lowest BCUT2D eigenvalue weighted by Crippen LogP contribution is -2.29. The zero-order chi connectivity index (χ0) is 20.7. The number of hydrogen-bond acceptors (Lipinski definition) is 5. The number of carboxylic acids is 1. The van der Waals surface area contributed by atoms with Gasteiger partial charge in [0.2, 0.25) is 0 Å². The Hall–Kier alpha value is -3.05. The molecule has 0 unspecified atom stereocenters. The van der Waals surface area contributed by atoms with Crippen molar-refractivity contribution in [2.75, 3.05) is 10.0 Å². The molecular weight excluding hydrogens is 398 g/mol. The SMILES string of the molecule is O=C(O)c1cc(F)c(NS(=O)(=O)c2ccc(NC(=O)C3(O)CC3)cc2)cc1F. The largest absolute Gasteiger partial charge is 0.478 e. The normalized spacial score (nSPS) is 15.0. The number of carbonyl (C=O) groups excluding carboxylic acids is 1. The van der Waals surface area contributed by atoms with E-state index in [2.05, 4.69) is 5.32 Å². The molecule has 11 heteroatoms. The second-order valence-corrected chi connectivity index (χ2v) is 7.92. The zero-order valence-corrected chi connectivity index (χ0v) is 14.9. The molecule has 1 aliphatic rings. The lowest BCUT2D eigenvalue weighted by Gasteiger charge is -2.12. The maximum atomic E-state index is 13.9. The molecule has 0 saturated heterocycles. The van der Waals surface area contributed by atoms with E-state index >= 15 is 0 Å². The molecule has 0 heterocycles. The molecule has 1 aliphatic carbocycles. The minimum Gasteiger partial charge on any atom is -0.478 e. The summed E-state index contributed by atoms with van der Waals surface area (Å²) >= 11 is 0. The maximum absolute atomic E-state index is 13.9. The van der Waals surface area contributed by atoms with Gasteiger partial charge < -0.3 is 15.5 Å². The van der Waals surface area contributed by atoms with Crippen molar-refractivity contribution in [1.82, 2.24) is 0 Å². The number of benzene rings is 2. The minimum atomic E-state index is -4.31. The Labute approximate surface area is 157 Å². The van der Waals surface area contributed by atoms with Gasteiger partial charge in [0.15, 0.2) is 0 Å². The van der Waals surface area contributed by atoms with Gasteiger partial charge in [-0.05, 0) is 43.2 Å². The van der Waals surface area contributed by atoms with Gasteiger partial charge in [0.1, 0.15) is 17.2 Å². The van der Waals surface area contributed by atoms with E-state index in [4.69, 9.17) is 5.11 Å². The van der Waals surface area contributed by atoms with Gasteiger partial charge in [-0.2, -0.15) is 0 Å². The third-order valence-electron chi connectivity index (χ3n) is 4.10. The maximum Gasteiger partial charge on any atom is 0.338 e. The van der Waals surface area contributed by atoms with Gasteiger partial charge in [-0.15, -0.1) is 0 Å². The molecule has 8 nitrogen and oxygen atoms in total. The summed E-state index contributed by atoms with van der Waals surface area (Å²) < 4.78 is 54.2. The first-order chi connectivity index (χ1) is 13.0. The molecule has 0 aliphatic heterocycles. The average molecular weight is 412 g/mol. The molecular formula is C17H14F2N2O6S. The number of halogens is 2. The van der Waals surface area contributed by atoms with Crippen LogP contribution in [0.5, 0.6) is 0 Å². The minimum absolute atomic E-state index is 0.243. The number of carboxylic acid groups (broad SMARTS) is 1. The van der Waals surface area contributed by atoms with Crippen LogP contribution < -0.4 is 10.0 Å². The number of anilines is 2. The fraction of sp³-hybridized carbons (Fsp3) is 0.176. The molecule has 148 valence electrons. The smallest absolute Gasteiger partial charge is 0.338 e. The molecule has 2 aromatic carbocycles. The van der Waals surface area contributed by atoms with E-state index in [1.165, 1.54) is 12.1 Å². The van der Waals surface area contributed by atoms with E-state index in [9.17, 15) is 31.9 Å². The average Bonchev–Trinajstić information content (AvgIpc) is 3.37. The van der Waals surface area contributed by atoms with Crippen LogP contribution in [0.4, 0.5) is 20.2 Å². The van der Waals surface area contributed by atoms with Gasteiger partial charge in [0.25, 0.3) is 15.9 Å². The van der Waals surface area contributed by atoms with Crippen LogP contribution in [-0.2, 0) is 14.8 Å². The van der Waals surface area contributed by atoms with Gasteiger partial charge in [0.05, 0.1) is 16.1 Å². The number of hydrogen-bond donors (Lipinski definition) is 4. The van der Waals surface area contributed by atoms with E-state index in [0.29, 0.717) is 25.0 Å². The highest BCUT2D eigenvalue weighted by Gasteiger charge is 2.48. The van der Waals surface area contributed by atoms with Gasteiger partial charge in [0, 0.05) is 11.8 Å². The molecule has 0 radical (unpaired) electrons. The molecule has 1 fully saturated rings. The summed E-state index contributed by atoms with van der Waals surface area (Å²) in [5.74, 6) is -4.86. The Kier molecular flexibility index (Phi) is 4.81. The van der Waals surface area contributed by atoms with Gasteiger partial charge in [-0.25, -0.2) is 22.0 Å². The Morgan fingerprint density at radius 2 is 1.64 bits per heavy atom. The third-order valence-corrected chi connectivity index (χ3v) is 5.48. The third kappa shape index (κ3) is 3.94. The van der Waals surface area contributed by atoms with Crippen molar-refractivity contribution in [2.45, 2.75) is 23.3 Å². The van der Waals surface area contributed by atoms with Crippen LogP contribution in [-0.4, -0.2) is 36.1 Å². The summed E-state index contributed by atoms with van der Waals surface area (Å²) in [6, 6.07) is 5.58. The topological polar surface area (TPSA) is 133 Å². The predicted octanol–water partition coefficient (Wildman–Crippen LogP) is 1.93. The van der Waals surface area contributed by atoms with Crippen LogP contribution in [0.25, 0.3) is 0 Å². The Balaban J connectivity index is 1.79. The highest BCUT2D eigenvalue weighted by atomic mass is 32.2. The van der Waals surface area contributed by atoms with Crippen LogP contribution in [0, 0.1) is 11.6 Å². The first-order valence-electron chi connectivity index (χ1n) is 7.91. The van der Waals surface area contributed by atoms with Crippen LogP contribution >= 0.6 is 0 Å². The van der Waals surface area contributed by atoms with Crippen LogP contribution in [0.3, 0.4) is 0 Å². The van der Waals surface area contributed by atoms with Crippen molar-refractivity contribution >= 4 is 33.3 Å². The molecule has 0 aromatic heterocycles. The van der Waals surface area contributed by atoms with E-state index in [1.54, 1.807) is 0 Å². The number of amides is 1. The van der Waals surface area contributed by atoms with Crippen molar-refractivity contribution in [3.05, 3.63) is 53.6 Å². The lowest BCUT2D eigenvalue weighted by atomic mass is 10.2. The van der Waals surface area contributed by atoms with Gasteiger partial charge >= 0.3 is 5.97 Å². The Morgan fingerprint density at radius 1 is 1.04 bits per heavy atom. The van der Waals surface area contributed by atoms with Crippen LogP contribution in [0.1, 0.15) is 23.2 Å². The molecule has 0 bridgehead atoms. The summed E-state index contributed by atoms with van der Waals surface area (Å²) in [4.78, 5) is 22.2. The van der Waals surface area contributed by atoms with Gasteiger partial charge in [-0.1, -0.05) is 0 Å². The van der Waals surface area contributed by atoms with Crippen LogP contribution in [0.15, 0.2) is 41.3 Å². The molecule has 4 N–H and O–H groups in total. The molecule has 0 spiro atoms. The highest BCUT2D eigenvalue weighted by Crippen LogP contribution is 2.36. The molecule has 0 atom stereocenters. The van der Waals surface area contributed by atoms with E-state index in [1.807, 2.05) is 4.72 Å². The van der Waals surface area contributed by atoms with Crippen molar-refractivity contribution in [2.24, 2.45) is 0 Å². The summed E-state index contributed by atoms with van der Waals surface area (Å²) in [5, 5.41) is 20.9. The predicted molar refractivity (Wildman–Crippen MR) is 93.4 cm³/mol. The van der Waals surface area contributed by atoms with Gasteiger partial charge in [-0.3, -0.25) is 9.52 Å². The molecule has 28 heavy (non-hydrogen) atoms. The summed E-state index contributed by atoms with van der Waals surface area (Å²) in [5.41, 5.74) is -2.84. The second kappa shape index (κ2) is 6.84. The van der Waals surface area contributed by atoms with Crippen molar-refractivity contribution in [1.29, 1.82) is 0 Å².